The highest BCUT2D eigenvalue weighted by molar-refractivity contribution is 5.88. The Hall–Kier alpha value is -0.830. The summed E-state index contributed by atoms with van der Waals surface area (Å²) < 4.78 is 4.77. The molecule has 0 aromatic heterocycles. The van der Waals surface area contributed by atoms with Crippen LogP contribution in [-0.2, 0) is 9.53 Å². The summed E-state index contributed by atoms with van der Waals surface area (Å²) in [5.41, 5.74) is 0.795. The normalized spacial score (nSPS) is 23.2. The molecule has 0 bridgehead atoms. The Kier molecular flexibility index (Phi) is 6.27. The minimum absolute atomic E-state index is 0.185. The minimum Gasteiger partial charge on any atom is -0.466 e. The average molecular weight is 239 g/mol. The van der Waals surface area contributed by atoms with E-state index in [-0.39, 0.29) is 5.97 Å². The maximum Gasteiger partial charge on any atom is 0.333 e. The highest BCUT2D eigenvalue weighted by Crippen LogP contribution is 2.16. The van der Waals surface area contributed by atoms with Gasteiger partial charge < -0.3 is 4.74 Å². The minimum atomic E-state index is -0.185. The Morgan fingerprint density at radius 3 is 2.82 bits per heavy atom. The lowest BCUT2D eigenvalue weighted by molar-refractivity contribution is -0.136. The summed E-state index contributed by atoms with van der Waals surface area (Å²) in [6.07, 6.45) is 8.00. The molecule has 17 heavy (non-hydrogen) atoms. The summed E-state index contributed by atoms with van der Waals surface area (Å²) in [6.45, 7) is 6.30. The summed E-state index contributed by atoms with van der Waals surface area (Å²) in [5, 5.41) is 0. The molecule has 0 radical (unpaired) electrons. The van der Waals surface area contributed by atoms with Crippen LogP contribution in [0.5, 0.6) is 0 Å². The van der Waals surface area contributed by atoms with Gasteiger partial charge in [-0.3, -0.25) is 4.90 Å². The van der Waals surface area contributed by atoms with Crippen molar-refractivity contribution >= 4 is 5.97 Å². The second-order valence-corrected chi connectivity index (χ2v) is 4.77. The molecule has 0 saturated carbocycles. The Morgan fingerprint density at radius 1 is 1.41 bits per heavy atom. The second kappa shape index (κ2) is 7.49. The summed E-state index contributed by atoms with van der Waals surface area (Å²) in [4.78, 5) is 13.9. The summed E-state index contributed by atoms with van der Waals surface area (Å²) in [7, 11) is 1.44. The zero-order chi connectivity index (χ0) is 12.7. The number of hydrogen-bond donors (Lipinski definition) is 0. The third-order valence-corrected chi connectivity index (χ3v) is 3.59. The van der Waals surface area contributed by atoms with Gasteiger partial charge in [-0.25, -0.2) is 4.79 Å². The highest BCUT2D eigenvalue weighted by atomic mass is 16.5. The molecule has 0 amide bonds. The van der Waals surface area contributed by atoms with Crippen molar-refractivity contribution in [3.8, 4) is 0 Å². The maximum atomic E-state index is 11.5. The molecule has 0 aliphatic carbocycles. The number of likely N-dealkylation sites (tertiary alicyclic amines) is 1. The summed E-state index contributed by atoms with van der Waals surface area (Å²) in [6, 6.07) is 0.629. The molecule has 1 fully saturated rings. The van der Waals surface area contributed by atoms with Crippen molar-refractivity contribution < 1.29 is 9.53 Å². The third-order valence-electron chi connectivity index (χ3n) is 3.59. The van der Waals surface area contributed by atoms with Gasteiger partial charge in [0.1, 0.15) is 0 Å². The van der Waals surface area contributed by atoms with Crippen LogP contribution in [0.1, 0.15) is 46.0 Å². The molecule has 0 aromatic rings. The zero-order valence-corrected chi connectivity index (χ0v) is 11.4. The van der Waals surface area contributed by atoms with Gasteiger partial charge in [0.2, 0.25) is 0 Å². The largest absolute Gasteiger partial charge is 0.466 e. The summed E-state index contributed by atoms with van der Waals surface area (Å²) >= 11 is 0. The van der Waals surface area contributed by atoms with E-state index in [9.17, 15) is 4.79 Å². The molecule has 3 nitrogen and oxygen atoms in total. The fraction of sp³-hybridized carbons (Fsp3) is 0.786. The van der Waals surface area contributed by atoms with Gasteiger partial charge in [-0.2, -0.15) is 0 Å². The van der Waals surface area contributed by atoms with Crippen molar-refractivity contribution in [3.63, 3.8) is 0 Å². The number of ether oxygens (including phenoxy) is 1. The standard InChI is InChI=1S/C14H25NO2/c1-4-13(14(16)17-3)9-11-15-10-7-5-6-8-12(15)2/h9,12H,4-8,10-11H2,1-3H3. The van der Waals surface area contributed by atoms with Crippen molar-refractivity contribution in [1.82, 2.24) is 4.90 Å². The topological polar surface area (TPSA) is 29.5 Å². The fourth-order valence-electron chi connectivity index (χ4n) is 2.34. The number of rotatable bonds is 4. The Morgan fingerprint density at radius 2 is 2.18 bits per heavy atom. The molecular weight excluding hydrogens is 214 g/mol. The SMILES string of the molecule is CCC(=CCN1CCCCCC1C)C(=O)OC. The van der Waals surface area contributed by atoms with Crippen molar-refractivity contribution in [1.29, 1.82) is 0 Å². The van der Waals surface area contributed by atoms with Gasteiger partial charge in [0.15, 0.2) is 0 Å². The molecule has 1 atom stereocenters. The van der Waals surface area contributed by atoms with Crippen LogP contribution in [0.4, 0.5) is 0 Å². The second-order valence-electron chi connectivity index (χ2n) is 4.77. The molecule has 0 N–H and O–H groups in total. The number of methoxy groups -OCH3 is 1. The highest BCUT2D eigenvalue weighted by Gasteiger charge is 2.16. The average Bonchev–Trinajstić information content (AvgIpc) is 2.55. The van der Waals surface area contributed by atoms with Crippen LogP contribution in [0.3, 0.4) is 0 Å². The Labute approximate surface area is 105 Å². The van der Waals surface area contributed by atoms with Gasteiger partial charge in [-0.05, 0) is 32.7 Å². The number of carbonyl (C=O) groups is 1. The van der Waals surface area contributed by atoms with E-state index in [1.165, 1.54) is 32.8 Å². The van der Waals surface area contributed by atoms with E-state index in [4.69, 9.17) is 4.74 Å². The van der Waals surface area contributed by atoms with Crippen LogP contribution in [-0.4, -0.2) is 37.1 Å². The zero-order valence-electron chi connectivity index (χ0n) is 11.4. The van der Waals surface area contributed by atoms with Gasteiger partial charge >= 0.3 is 5.97 Å². The van der Waals surface area contributed by atoms with Crippen molar-refractivity contribution in [2.24, 2.45) is 0 Å². The molecule has 1 saturated heterocycles. The Bertz CT molecular complexity index is 273. The molecule has 1 heterocycles. The molecular formula is C14H25NO2. The molecule has 0 spiro atoms. The lowest BCUT2D eigenvalue weighted by Gasteiger charge is -2.25. The van der Waals surface area contributed by atoms with Gasteiger partial charge in [-0.1, -0.05) is 25.8 Å². The van der Waals surface area contributed by atoms with Gasteiger partial charge in [0, 0.05) is 18.2 Å². The lowest BCUT2D eigenvalue weighted by atomic mass is 10.1. The number of carbonyl (C=O) groups excluding carboxylic acids is 1. The van der Waals surface area contributed by atoms with Crippen LogP contribution in [0.2, 0.25) is 0 Å². The van der Waals surface area contributed by atoms with E-state index in [0.29, 0.717) is 6.04 Å². The molecule has 1 aliphatic rings. The van der Waals surface area contributed by atoms with Crippen LogP contribution >= 0.6 is 0 Å². The van der Waals surface area contributed by atoms with Gasteiger partial charge in [-0.15, -0.1) is 0 Å². The first kappa shape index (κ1) is 14.2. The smallest absolute Gasteiger partial charge is 0.333 e. The first-order valence-corrected chi connectivity index (χ1v) is 6.70. The van der Waals surface area contributed by atoms with Crippen molar-refractivity contribution in [2.75, 3.05) is 20.2 Å². The van der Waals surface area contributed by atoms with Gasteiger partial charge in [0.05, 0.1) is 7.11 Å². The molecule has 1 rings (SSSR count). The van der Waals surface area contributed by atoms with E-state index in [0.717, 1.165) is 25.1 Å². The lowest BCUT2D eigenvalue weighted by Crippen LogP contribution is -2.33. The van der Waals surface area contributed by atoms with Crippen LogP contribution in [0.25, 0.3) is 0 Å². The quantitative estimate of drug-likeness (QED) is 0.558. The van der Waals surface area contributed by atoms with E-state index >= 15 is 0 Å². The monoisotopic (exact) mass is 239 g/mol. The van der Waals surface area contributed by atoms with Crippen LogP contribution in [0.15, 0.2) is 11.6 Å². The first-order valence-electron chi connectivity index (χ1n) is 6.70. The Balaban J connectivity index is 2.56. The molecule has 98 valence electrons. The van der Waals surface area contributed by atoms with Crippen LogP contribution in [0, 0.1) is 0 Å². The van der Waals surface area contributed by atoms with Gasteiger partial charge in [0.25, 0.3) is 0 Å². The van der Waals surface area contributed by atoms with Crippen LogP contribution < -0.4 is 0 Å². The van der Waals surface area contributed by atoms with Crippen molar-refractivity contribution in [3.05, 3.63) is 11.6 Å². The van der Waals surface area contributed by atoms with E-state index in [1.807, 2.05) is 13.0 Å². The number of hydrogen-bond acceptors (Lipinski definition) is 3. The number of nitrogens with zero attached hydrogens (tertiary/aromatic N) is 1. The van der Waals surface area contributed by atoms with Crippen molar-refractivity contribution in [2.45, 2.75) is 52.0 Å². The molecule has 3 heteroatoms. The number of esters is 1. The summed E-state index contributed by atoms with van der Waals surface area (Å²) in [5.74, 6) is -0.185. The maximum absolute atomic E-state index is 11.5. The fourth-order valence-corrected chi connectivity index (χ4v) is 2.34. The van der Waals surface area contributed by atoms with E-state index in [2.05, 4.69) is 11.8 Å². The molecule has 1 aliphatic heterocycles. The molecule has 0 aromatic carbocycles. The molecule has 1 unspecified atom stereocenters. The van der Waals surface area contributed by atoms with E-state index in [1.54, 1.807) is 0 Å². The predicted molar refractivity (Wildman–Crippen MR) is 69.9 cm³/mol. The predicted octanol–water partition coefficient (Wildman–Crippen LogP) is 2.76. The van der Waals surface area contributed by atoms with E-state index < -0.39 is 0 Å². The third kappa shape index (κ3) is 4.50. The first-order chi connectivity index (χ1) is 8.19.